The summed E-state index contributed by atoms with van der Waals surface area (Å²) in [6, 6.07) is 0. The predicted octanol–water partition coefficient (Wildman–Crippen LogP) is 2.53. The Morgan fingerprint density at radius 2 is 1.57 bits per heavy atom. The van der Waals surface area contributed by atoms with E-state index >= 15 is 0 Å². The Labute approximate surface area is 109 Å². The fraction of sp³-hybridized carbons (Fsp3) is 0.714. The van der Waals surface area contributed by atoms with Crippen molar-refractivity contribution in [3.05, 3.63) is 0 Å². The summed E-state index contributed by atoms with van der Waals surface area (Å²) in [5.41, 5.74) is 0. The van der Waals surface area contributed by atoms with E-state index in [1.54, 1.807) is 0 Å². The van der Waals surface area contributed by atoms with Crippen LogP contribution in [0.25, 0.3) is 0 Å². The first kappa shape index (κ1) is 14.4. The lowest BCUT2D eigenvalue weighted by molar-refractivity contribution is -0.0154. The fourth-order valence-electron chi connectivity index (χ4n) is 0.697. The SMILES string of the molecule is CCOC(COC(=O)I)COC(=O)I. The second-order valence-electron chi connectivity index (χ2n) is 2.17. The first-order valence-electron chi connectivity index (χ1n) is 3.82. The van der Waals surface area contributed by atoms with Crippen LogP contribution in [-0.4, -0.2) is 33.9 Å². The summed E-state index contributed by atoms with van der Waals surface area (Å²) in [6.45, 7) is 2.48. The minimum Gasteiger partial charge on any atom is -0.455 e. The summed E-state index contributed by atoms with van der Waals surface area (Å²) in [4.78, 5) is 21.0. The monoisotopic (exact) mass is 428 g/mol. The summed E-state index contributed by atoms with van der Waals surface area (Å²) in [5, 5.41) is 0. The number of hydrogen-bond acceptors (Lipinski definition) is 5. The molecule has 0 saturated heterocycles. The van der Waals surface area contributed by atoms with Crippen LogP contribution in [0.1, 0.15) is 6.92 Å². The second-order valence-corrected chi connectivity index (χ2v) is 3.94. The Morgan fingerprint density at radius 3 is 1.86 bits per heavy atom. The summed E-state index contributed by atoms with van der Waals surface area (Å²) in [5.74, 6) is 0. The van der Waals surface area contributed by atoms with Crippen LogP contribution in [-0.2, 0) is 14.2 Å². The zero-order valence-electron chi connectivity index (χ0n) is 7.50. The zero-order chi connectivity index (χ0) is 11.0. The average molecular weight is 428 g/mol. The molecule has 0 fully saturated rings. The molecule has 0 unspecified atom stereocenters. The van der Waals surface area contributed by atoms with Crippen LogP contribution in [0.2, 0.25) is 0 Å². The Hall–Kier alpha value is 0.360. The molecule has 0 amide bonds. The minimum atomic E-state index is -0.409. The van der Waals surface area contributed by atoms with Gasteiger partial charge in [-0.05, 0) is 6.92 Å². The molecule has 7 heteroatoms. The molecule has 14 heavy (non-hydrogen) atoms. The van der Waals surface area contributed by atoms with Crippen molar-refractivity contribution in [1.82, 2.24) is 0 Å². The first-order valence-corrected chi connectivity index (χ1v) is 5.98. The lowest BCUT2D eigenvalue weighted by atomic mass is 10.4. The summed E-state index contributed by atoms with van der Waals surface area (Å²) in [7, 11) is 0. The Kier molecular flexibility index (Phi) is 8.87. The van der Waals surface area contributed by atoms with Gasteiger partial charge in [-0.25, -0.2) is 9.59 Å². The highest BCUT2D eigenvalue weighted by atomic mass is 127. The second kappa shape index (κ2) is 8.65. The highest BCUT2D eigenvalue weighted by Gasteiger charge is 2.12. The maximum atomic E-state index is 10.5. The van der Waals surface area contributed by atoms with Gasteiger partial charge in [0, 0.05) is 6.61 Å². The minimum absolute atomic E-state index is 0.0968. The van der Waals surface area contributed by atoms with E-state index in [0.717, 1.165) is 0 Å². The van der Waals surface area contributed by atoms with Crippen molar-refractivity contribution < 1.29 is 23.8 Å². The van der Waals surface area contributed by atoms with Gasteiger partial charge in [-0.2, -0.15) is 0 Å². The van der Waals surface area contributed by atoms with Crippen molar-refractivity contribution in [2.24, 2.45) is 0 Å². The van der Waals surface area contributed by atoms with Crippen molar-refractivity contribution in [1.29, 1.82) is 0 Å². The van der Waals surface area contributed by atoms with Crippen LogP contribution in [0.3, 0.4) is 0 Å². The Balaban J connectivity index is 3.76. The number of rotatable bonds is 6. The maximum Gasteiger partial charge on any atom is 0.367 e. The number of carbonyl (C=O) groups excluding carboxylic acids is 2. The molecule has 0 aromatic carbocycles. The van der Waals surface area contributed by atoms with Gasteiger partial charge in [0.15, 0.2) is 0 Å². The molecule has 0 aromatic rings. The fourth-order valence-corrected chi connectivity index (χ4v) is 1.06. The van der Waals surface area contributed by atoms with E-state index in [2.05, 4.69) is 0 Å². The van der Waals surface area contributed by atoms with E-state index in [9.17, 15) is 9.59 Å². The van der Waals surface area contributed by atoms with Crippen molar-refractivity contribution in [2.75, 3.05) is 19.8 Å². The largest absolute Gasteiger partial charge is 0.455 e. The van der Waals surface area contributed by atoms with Gasteiger partial charge < -0.3 is 14.2 Å². The molecule has 0 saturated carbocycles. The molecule has 0 aliphatic rings. The molecule has 0 aliphatic heterocycles. The molecule has 0 radical (unpaired) electrons. The molecule has 0 aromatic heterocycles. The molecule has 0 bridgehead atoms. The van der Waals surface area contributed by atoms with Gasteiger partial charge in [-0.1, -0.05) is 0 Å². The Bertz CT molecular complexity index is 179. The third-order valence-electron chi connectivity index (χ3n) is 1.17. The molecule has 82 valence electrons. The molecule has 0 atom stereocenters. The Morgan fingerprint density at radius 1 is 1.14 bits per heavy atom. The molecule has 5 nitrogen and oxygen atoms in total. The van der Waals surface area contributed by atoms with Gasteiger partial charge in [0.2, 0.25) is 0 Å². The molecule has 0 heterocycles. The van der Waals surface area contributed by atoms with Crippen LogP contribution in [0.5, 0.6) is 0 Å². The van der Waals surface area contributed by atoms with Crippen LogP contribution >= 0.6 is 45.2 Å². The van der Waals surface area contributed by atoms with Crippen molar-refractivity contribution in [3.63, 3.8) is 0 Å². The summed E-state index contributed by atoms with van der Waals surface area (Å²) < 4.78 is 13.8. The van der Waals surface area contributed by atoms with E-state index < -0.39 is 14.1 Å². The number of halogens is 2. The van der Waals surface area contributed by atoms with E-state index in [4.69, 9.17) is 14.2 Å². The lowest BCUT2D eigenvalue weighted by Crippen LogP contribution is -2.26. The van der Waals surface area contributed by atoms with Gasteiger partial charge in [0.1, 0.15) is 19.3 Å². The third-order valence-corrected chi connectivity index (χ3v) is 1.79. The topological polar surface area (TPSA) is 61.8 Å². The third kappa shape index (κ3) is 8.94. The first-order chi connectivity index (χ1) is 6.56. The highest BCUT2D eigenvalue weighted by molar-refractivity contribution is 14.1. The molecule has 0 spiro atoms. The maximum absolute atomic E-state index is 10.5. The summed E-state index contributed by atoms with van der Waals surface area (Å²) in [6.07, 6.45) is -0.391. The van der Waals surface area contributed by atoms with E-state index in [1.807, 2.05) is 6.92 Å². The van der Waals surface area contributed by atoms with Crippen LogP contribution in [0.4, 0.5) is 9.59 Å². The predicted molar refractivity (Wildman–Crippen MR) is 66.2 cm³/mol. The summed E-state index contributed by atoms with van der Waals surface area (Å²) >= 11 is 3.04. The van der Waals surface area contributed by atoms with Crippen LogP contribution < -0.4 is 0 Å². The lowest BCUT2D eigenvalue weighted by Gasteiger charge is -2.15. The van der Waals surface area contributed by atoms with Gasteiger partial charge >= 0.3 is 7.95 Å². The van der Waals surface area contributed by atoms with E-state index in [-0.39, 0.29) is 13.2 Å². The smallest absolute Gasteiger partial charge is 0.367 e. The standard InChI is InChI=1S/C7H10I2O5/c1-2-12-5(3-13-6(8)10)4-14-7(9)11/h5H,2-4H2,1H3. The highest BCUT2D eigenvalue weighted by Crippen LogP contribution is 2.01. The normalized spacial score (nSPS) is 10.0. The molecular formula is C7H10I2O5. The van der Waals surface area contributed by atoms with Gasteiger partial charge in [0.05, 0.1) is 45.2 Å². The van der Waals surface area contributed by atoms with Crippen molar-refractivity contribution in [3.8, 4) is 0 Å². The molecular weight excluding hydrogens is 418 g/mol. The van der Waals surface area contributed by atoms with Crippen molar-refractivity contribution >= 4 is 53.1 Å². The van der Waals surface area contributed by atoms with Gasteiger partial charge in [0.25, 0.3) is 0 Å². The molecule has 0 aliphatic carbocycles. The van der Waals surface area contributed by atoms with Crippen molar-refractivity contribution in [2.45, 2.75) is 13.0 Å². The number of carbonyl (C=O) groups is 2. The number of ether oxygens (including phenoxy) is 3. The zero-order valence-corrected chi connectivity index (χ0v) is 11.8. The molecule has 0 N–H and O–H groups in total. The van der Waals surface area contributed by atoms with Gasteiger partial charge in [-0.3, -0.25) is 0 Å². The van der Waals surface area contributed by atoms with Gasteiger partial charge in [-0.15, -0.1) is 0 Å². The van der Waals surface area contributed by atoms with E-state index in [1.165, 1.54) is 45.2 Å². The van der Waals surface area contributed by atoms with Crippen LogP contribution in [0, 0.1) is 0 Å². The quantitative estimate of drug-likeness (QED) is 0.481. The van der Waals surface area contributed by atoms with Crippen LogP contribution in [0.15, 0.2) is 0 Å². The van der Waals surface area contributed by atoms with E-state index in [0.29, 0.717) is 6.61 Å². The molecule has 0 rings (SSSR count). The average Bonchev–Trinajstić information content (AvgIpc) is 2.09. The number of hydrogen-bond donors (Lipinski definition) is 0.